The highest BCUT2D eigenvalue weighted by atomic mass is 32.2. The van der Waals surface area contributed by atoms with Crippen molar-refractivity contribution in [1.29, 1.82) is 0 Å². The number of aliphatic hydroxyl groups is 1. The van der Waals surface area contributed by atoms with E-state index in [1.54, 1.807) is 32.0 Å². The Hall–Kier alpha value is -2.72. The van der Waals surface area contributed by atoms with Crippen LogP contribution in [0.25, 0.3) is 0 Å². The van der Waals surface area contributed by atoms with Crippen LogP contribution in [0.4, 0.5) is 17.5 Å². The number of hydrogen-bond acceptors (Lipinski definition) is 8. The Labute approximate surface area is 194 Å². The number of nitrogens with one attached hydrogen (secondary N) is 2. The minimum atomic E-state index is -3.41. The van der Waals surface area contributed by atoms with Gasteiger partial charge in [0.05, 0.1) is 22.8 Å². The minimum absolute atomic E-state index is 0.0772. The van der Waals surface area contributed by atoms with Crippen LogP contribution in [0.2, 0.25) is 0 Å². The van der Waals surface area contributed by atoms with Crippen molar-refractivity contribution in [2.45, 2.75) is 50.5 Å². The zero-order valence-electron chi connectivity index (χ0n) is 19.3. The summed E-state index contributed by atoms with van der Waals surface area (Å²) in [6.07, 6.45) is 5.80. The van der Waals surface area contributed by atoms with E-state index < -0.39 is 9.84 Å². The van der Waals surface area contributed by atoms with E-state index in [0.717, 1.165) is 25.9 Å². The number of amides is 1. The molecule has 0 bridgehead atoms. The van der Waals surface area contributed by atoms with E-state index in [-0.39, 0.29) is 23.5 Å². The Morgan fingerprint density at radius 3 is 2.48 bits per heavy atom. The Bertz CT molecular complexity index is 1150. The first-order valence-electron chi connectivity index (χ1n) is 11.2. The maximum absolute atomic E-state index is 13.3. The van der Waals surface area contributed by atoms with Gasteiger partial charge in [-0.25, -0.2) is 13.4 Å². The van der Waals surface area contributed by atoms with Crippen molar-refractivity contribution in [3.05, 3.63) is 35.5 Å². The number of hydrogen-bond donors (Lipinski definition) is 3. The van der Waals surface area contributed by atoms with Gasteiger partial charge >= 0.3 is 0 Å². The topological polar surface area (TPSA) is 125 Å². The first-order valence-corrected chi connectivity index (χ1v) is 13.1. The number of aliphatic hydroxyl groups excluding tert-OH is 1. The van der Waals surface area contributed by atoms with E-state index in [1.807, 2.05) is 0 Å². The molecule has 1 atom stereocenters. The monoisotopic (exact) mass is 473 g/mol. The molecule has 1 spiro atoms. The van der Waals surface area contributed by atoms with Crippen LogP contribution in [-0.2, 0) is 9.84 Å². The second-order valence-electron chi connectivity index (χ2n) is 9.34. The van der Waals surface area contributed by atoms with Crippen LogP contribution in [0.3, 0.4) is 0 Å². The molecule has 3 N–H and O–H groups in total. The van der Waals surface area contributed by atoms with Crippen molar-refractivity contribution in [3.8, 4) is 0 Å². The molecule has 2 fully saturated rings. The Morgan fingerprint density at radius 1 is 1.18 bits per heavy atom. The van der Waals surface area contributed by atoms with Crippen molar-refractivity contribution in [2.75, 3.05) is 41.5 Å². The average Bonchev–Trinajstić information content (AvgIpc) is 3.51. The summed E-state index contributed by atoms with van der Waals surface area (Å²) in [7, 11) is -3.41. The zero-order chi connectivity index (χ0) is 23.8. The van der Waals surface area contributed by atoms with E-state index in [1.165, 1.54) is 25.2 Å². The molecule has 0 radical (unpaired) electrons. The molecule has 2 aromatic rings. The highest BCUT2D eigenvalue weighted by Gasteiger charge is 2.44. The number of nitrogens with zero attached hydrogens (tertiary/aromatic N) is 3. The summed E-state index contributed by atoms with van der Waals surface area (Å²) in [5, 5.41) is 15.1. The van der Waals surface area contributed by atoms with Gasteiger partial charge in [0, 0.05) is 37.1 Å². The summed E-state index contributed by atoms with van der Waals surface area (Å²) in [5.74, 6) is 0.273. The fraction of sp³-hybridized carbons (Fsp3) is 0.522. The molecular formula is C23H31N5O4S. The number of aromatic nitrogens is 2. The highest BCUT2D eigenvalue weighted by molar-refractivity contribution is 7.90. The van der Waals surface area contributed by atoms with Crippen LogP contribution < -0.4 is 15.5 Å². The molecule has 2 aliphatic rings. The largest absolute Gasteiger partial charge is 0.394 e. The second-order valence-corrected chi connectivity index (χ2v) is 11.4. The molecule has 1 aromatic carbocycles. The quantitative estimate of drug-likeness (QED) is 0.561. The first kappa shape index (κ1) is 23.4. The van der Waals surface area contributed by atoms with Crippen LogP contribution in [-0.4, -0.2) is 61.4 Å². The molecule has 1 aliphatic heterocycles. The molecule has 10 heteroatoms. The molecule has 9 nitrogen and oxygen atoms in total. The van der Waals surface area contributed by atoms with Gasteiger partial charge in [0.2, 0.25) is 5.95 Å². The van der Waals surface area contributed by atoms with E-state index in [0.29, 0.717) is 34.1 Å². The highest BCUT2D eigenvalue weighted by Crippen LogP contribution is 2.54. The summed E-state index contributed by atoms with van der Waals surface area (Å²) < 4.78 is 24.4. The summed E-state index contributed by atoms with van der Waals surface area (Å²) >= 11 is 0. The van der Waals surface area contributed by atoms with Crippen LogP contribution in [0.1, 0.15) is 48.7 Å². The molecular weight excluding hydrogens is 442 g/mol. The van der Waals surface area contributed by atoms with Gasteiger partial charge in [0.15, 0.2) is 9.84 Å². The number of anilines is 3. The van der Waals surface area contributed by atoms with E-state index in [2.05, 4.69) is 25.5 Å². The number of carbonyl (C=O) groups excluding carboxylic acids is 1. The smallest absolute Gasteiger partial charge is 0.258 e. The molecule has 33 heavy (non-hydrogen) atoms. The van der Waals surface area contributed by atoms with Gasteiger partial charge < -0.3 is 20.6 Å². The normalized spacial score (nSPS) is 18.1. The van der Waals surface area contributed by atoms with Gasteiger partial charge in [-0.15, -0.1) is 0 Å². The summed E-state index contributed by atoms with van der Waals surface area (Å²) in [5.41, 5.74) is 2.15. The lowest BCUT2D eigenvalue weighted by Gasteiger charge is -2.35. The van der Waals surface area contributed by atoms with Gasteiger partial charge in [0.25, 0.3) is 5.91 Å². The number of benzene rings is 1. The lowest BCUT2D eigenvalue weighted by Crippen LogP contribution is -2.35. The Kier molecular flexibility index (Phi) is 6.32. The molecule has 1 saturated heterocycles. The van der Waals surface area contributed by atoms with Crippen LogP contribution in [0.5, 0.6) is 0 Å². The lowest BCUT2D eigenvalue weighted by molar-refractivity contribution is 0.102. The second kappa shape index (κ2) is 8.90. The van der Waals surface area contributed by atoms with E-state index in [4.69, 9.17) is 0 Å². The van der Waals surface area contributed by atoms with Crippen molar-refractivity contribution in [2.24, 2.45) is 5.41 Å². The van der Waals surface area contributed by atoms with Gasteiger partial charge in [-0.1, -0.05) is 0 Å². The predicted octanol–water partition coefficient (Wildman–Crippen LogP) is 2.61. The Balaban J connectivity index is 1.62. The third kappa shape index (κ3) is 5.44. The van der Waals surface area contributed by atoms with Crippen LogP contribution in [0, 0.1) is 12.3 Å². The Morgan fingerprint density at radius 2 is 1.88 bits per heavy atom. The van der Waals surface area contributed by atoms with Gasteiger partial charge in [-0.3, -0.25) is 4.79 Å². The first-order chi connectivity index (χ1) is 15.6. The van der Waals surface area contributed by atoms with Crippen molar-refractivity contribution >= 4 is 33.2 Å². The fourth-order valence-electron chi connectivity index (χ4n) is 4.24. The van der Waals surface area contributed by atoms with Crippen molar-refractivity contribution in [3.63, 3.8) is 0 Å². The number of carbonyl (C=O) groups is 1. The molecule has 1 amide bonds. The maximum Gasteiger partial charge on any atom is 0.258 e. The fourth-order valence-corrected chi connectivity index (χ4v) is 4.88. The number of sulfone groups is 1. The molecule has 1 aromatic heterocycles. The average molecular weight is 474 g/mol. The lowest BCUT2D eigenvalue weighted by atomic mass is 9.93. The predicted molar refractivity (Wildman–Crippen MR) is 128 cm³/mol. The molecule has 4 rings (SSSR count). The SMILES string of the molecule is Cc1cc(NC(=O)c2ccc(S(C)(=O)=O)cc2N2CCC3(CC2)CC3)nc(N[C@@H](C)CO)n1. The summed E-state index contributed by atoms with van der Waals surface area (Å²) in [6.45, 7) is 5.11. The van der Waals surface area contributed by atoms with Crippen molar-refractivity contribution in [1.82, 2.24) is 9.97 Å². The van der Waals surface area contributed by atoms with E-state index in [9.17, 15) is 18.3 Å². The summed E-state index contributed by atoms with van der Waals surface area (Å²) in [4.78, 5) is 24.2. The maximum atomic E-state index is 13.3. The molecule has 1 saturated carbocycles. The minimum Gasteiger partial charge on any atom is -0.394 e. The molecule has 0 unspecified atom stereocenters. The number of piperidine rings is 1. The van der Waals surface area contributed by atoms with Crippen LogP contribution in [0.15, 0.2) is 29.2 Å². The number of rotatable bonds is 7. The summed E-state index contributed by atoms with van der Waals surface area (Å²) in [6, 6.07) is 6.08. The van der Waals surface area contributed by atoms with Gasteiger partial charge in [0.1, 0.15) is 5.82 Å². The van der Waals surface area contributed by atoms with Crippen LogP contribution >= 0.6 is 0 Å². The molecule has 178 valence electrons. The van der Waals surface area contributed by atoms with E-state index >= 15 is 0 Å². The zero-order valence-corrected chi connectivity index (χ0v) is 20.1. The molecule has 1 aliphatic carbocycles. The third-order valence-electron chi connectivity index (χ3n) is 6.51. The number of aryl methyl sites for hydroxylation is 1. The van der Waals surface area contributed by atoms with Crippen molar-refractivity contribution < 1.29 is 18.3 Å². The standard InChI is InChI=1S/C23H31N5O4S/c1-15-12-20(27-22(24-15)25-16(2)14-29)26-21(30)18-5-4-17(33(3,31)32)13-19(18)28-10-8-23(6-7-23)9-11-28/h4-5,12-13,16,29H,6-11,14H2,1-3H3,(H2,24,25,26,27,30)/t16-/m0/s1. The third-order valence-corrected chi connectivity index (χ3v) is 7.62. The van der Waals surface area contributed by atoms with Gasteiger partial charge in [-0.2, -0.15) is 4.98 Å². The van der Waals surface area contributed by atoms with Gasteiger partial charge in [-0.05, 0) is 63.1 Å². The molecule has 2 heterocycles.